The second-order valence-electron chi connectivity index (χ2n) is 24.9. The van der Waals surface area contributed by atoms with Crippen LogP contribution in [-0.2, 0) is 72.1 Å². The molecule has 0 aliphatic carbocycles. The number of carbonyl (C=O) groups is 10. The predicted molar refractivity (Wildman–Crippen MR) is 339 cm³/mol. The SMILES string of the molecule is C/C(=C\c1cc(F)cc(N2CCN(C(=O)Cn3cccn3)CC2)c1)[C@H]1OC(=O)C[C@H](O)CC[C@H](C)[C@@H](OC(=O)N2CCN(C(=O)OCc3ccc(CC(=O)[C@H](CCCCC(N)=O)NC(=O)[C@@H](CC(=O)CCCCCN4C(=O)C=CC4=O)C(C)C)cc3)CC2)/C=C/[C@@H]1C. The van der Waals surface area contributed by atoms with E-state index in [-0.39, 0.29) is 132 Å². The summed E-state index contributed by atoms with van der Waals surface area (Å²) in [5, 5.41) is 18.0. The van der Waals surface area contributed by atoms with Crippen molar-refractivity contribution >= 4 is 71.0 Å². The average molecular weight is 1280 g/mol. The van der Waals surface area contributed by atoms with Crippen molar-refractivity contribution in [3.63, 3.8) is 0 Å². The van der Waals surface area contributed by atoms with Crippen LogP contribution in [0.2, 0.25) is 0 Å². The number of benzene rings is 2. The second kappa shape index (κ2) is 34.8. The van der Waals surface area contributed by atoms with Gasteiger partial charge in [-0.05, 0) is 110 Å². The lowest BCUT2D eigenvalue weighted by atomic mass is 9.88. The first kappa shape index (κ1) is 70.9. The summed E-state index contributed by atoms with van der Waals surface area (Å²) < 4.78 is 34.7. The van der Waals surface area contributed by atoms with Crippen molar-refractivity contribution in [3.8, 4) is 0 Å². The summed E-state index contributed by atoms with van der Waals surface area (Å²) in [6.07, 6.45) is 11.0. The molecule has 3 aromatic rings. The molecule has 4 aliphatic heterocycles. The number of ether oxygens (including phenoxy) is 3. The number of primary amides is 1. The van der Waals surface area contributed by atoms with Crippen LogP contribution in [0.1, 0.15) is 128 Å². The van der Waals surface area contributed by atoms with Crippen LogP contribution >= 0.6 is 0 Å². The van der Waals surface area contributed by atoms with Crippen LogP contribution in [0.5, 0.6) is 0 Å². The quantitative estimate of drug-likeness (QED) is 0.0230. The second-order valence-corrected chi connectivity index (χ2v) is 24.9. The molecule has 23 nitrogen and oxygen atoms in total. The molecule has 0 radical (unpaired) electrons. The Morgan fingerprint density at radius 1 is 0.815 bits per heavy atom. The Bertz CT molecular complexity index is 3130. The number of unbranched alkanes of at least 4 members (excludes halogenated alkanes) is 3. The fourth-order valence-electron chi connectivity index (χ4n) is 11.7. The van der Waals surface area contributed by atoms with Crippen LogP contribution < -0.4 is 16.0 Å². The van der Waals surface area contributed by atoms with E-state index in [4.69, 9.17) is 19.9 Å². The minimum atomic E-state index is -1.01. The highest BCUT2D eigenvalue weighted by atomic mass is 19.1. The third kappa shape index (κ3) is 21.8. The maximum Gasteiger partial charge on any atom is 0.410 e. The molecule has 7 amide bonds. The number of cyclic esters (lactones) is 1. The molecule has 2 aromatic carbocycles. The number of aliphatic hydroxyl groups is 1. The van der Waals surface area contributed by atoms with E-state index in [9.17, 15) is 53.1 Å². The number of nitrogens with zero attached hydrogens (tertiary/aromatic N) is 7. The normalized spacial score (nSPS) is 21.0. The molecule has 7 rings (SSSR count). The third-order valence-corrected chi connectivity index (χ3v) is 17.4. The number of rotatable bonds is 27. The van der Waals surface area contributed by atoms with E-state index in [0.29, 0.717) is 92.7 Å². The minimum Gasteiger partial charge on any atom is -0.457 e. The number of anilines is 1. The molecule has 0 saturated carbocycles. The van der Waals surface area contributed by atoms with Crippen molar-refractivity contribution in [1.82, 2.24) is 34.7 Å². The summed E-state index contributed by atoms with van der Waals surface area (Å²) in [5.41, 5.74) is 8.48. The lowest BCUT2D eigenvalue weighted by Gasteiger charge is -2.36. The molecule has 2 saturated heterocycles. The Labute approximate surface area is 537 Å². The molecule has 7 atom stereocenters. The summed E-state index contributed by atoms with van der Waals surface area (Å²) in [7, 11) is 0. The van der Waals surface area contributed by atoms with E-state index in [2.05, 4.69) is 10.4 Å². The number of aromatic nitrogens is 2. The standard InChI is InChI=1S/C68H90FN9O14/c1-45(2)56(41-54(79)12-7-6-10-27-78-61(83)23-24-62(78)84)66(87)72-57(13-8-9-14-60(70)82)58(81)39-49-17-19-50(20-18-49)44-90-67(88)75-32-34-76(35-33-75)68(89)91-59-22-16-47(4)65(92-64(86)42-55(80)21-15-46(59)3)48(5)36-51-37-52(69)40-53(38-51)73-28-30-74(31-29-73)63(85)43-77-26-11-25-71-77/h11,16-20,22-26,36-38,40,45-47,55-57,59,65,80H,6-10,12-15,21,27-35,39,41-44H2,1-5H3,(H2,70,82)(H,72,87)/b22-16+,48-36+/t46-,47-,55+,56-,57-,59-,65-/m0/s1. The summed E-state index contributed by atoms with van der Waals surface area (Å²) >= 11 is 0. The molecule has 24 heteroatoms. The first-order chi connectivity index (χ1) is 44.0. The largest absolute Gasteiger partial charge is 0.457 e. The van der Waals surface area contributed by atoms with Gasteiger partial charge in [0.2, 0.25) is 17.7 Å². The molecule has 1 aromatic heterocycles. The number of nitrogens with one attached hydrogen (secondary N) is 1. The minimum absolute atomic E-state index is 0.0137. The Morgan fingerprint density at radius 2 is 1.48 bits per heavy atom. The number of esters is 1. The zero-order chi connectivity index (χ0) is 66.4. The predicted octanol–water partition coefficient (Wildman–Crippen LogP) is 6.88. The summed E-state index contributed by atoms with van der Waals surface area (Å²) in [5.74, 6) is -4.67. The van der Waals surface area contributed by atoms with Crippen molar-refractivity contribution in [2.24, 2.45) is 29.4 Å². The molecule has 2 fully saturated rings. The monoisotopic (exact) mass is 1280 g/mol. The number of amides is 7. The molecule has 4 N–H and O–H groups in total. The number of hydrogen-bond donors (Lipinski definition) is 3. The number of hydrogen-bond acceptors (Lipinski definition) is 16. The van der Waals surface area contributed by atoms with Crippen LogP contribution in [0.25, 0.3) is 6.08 Å². The van der Waals surface area contributed by atoms with Gasteiger partial charge in [-0.15, -0.1) is 0 Å². The Hall–Kier alpha value is -8.54. The van der Waals surface area contributed by atoms with Gasteiger partial charge in [-0.25, -0.2) is 14.0 Å². The molecule has 0 bridgehead atoms. The Morgan fingerprint density at radius 3 is 2.14 bits per heavy atom. The molecule has 0 spiro atoms. The first-order valence-corrected chi connectivity index (χ1v) is 32.2. The maximum atomic E-state index is 15.3. The third-order valence-electron chi connectivity index (χ3n) is 17.4. The van der Waals surface area contributed by atoms with Gasteiger partial charge in [0.15, 0.2) is 5.78 Å². The average Bonchev–Trinajstić information content (AvgIpc) is 1.74. The van der Waals surface area contributed by atoms with Gasteiger partial charge >= 0.3 is 18.2 Å². The van der Waals surface area contributed by atoms with Crippen molar-refractivity contribution in [2.75, 3.05) is 63.8 Å². The Balaban J connectivity index is 0.877. The fraction of sp³-hybridized carbons (Fsp3) is 0.544. The number of halogens is 1. The van der Waals surface area contributed by atoms with Gasteiger partial charge < -0.3 is 50.0 Å². The van der Waals surface area contributed by atoms with Gasteiger partial charge in [0.1, 0.15) is 37.0 Å². The van der Waals surface area contributed by atoms with Crippen LogP contribution in [-0.4, -0.2) is 177 Å². The van der Waals surface area contributed by atoms with Crippen LogP contribution in [0.4, 0.5) is 19.7 Å². The molecule has 5 heterocycles. The van der Waals surface area contributed by atoms with Crippen LogP contribution in [0, 0.1) is 29.5 Å². The topological polar surface area (TPSA) is 291 Å². The highest BCUT2D eigenvalue weighted by Crippen LogP contribution is 2.29. The van der Waals surface area contributed by atoms with Crippen molar-refractivity contribution in [1.29, 1.82) is 0 Å². The number of aliphatic hydroxyl groups excluding tert-OH is 1. The van der Waals surface area contributed by atoms with Crippen molar-refractivity contribution in [2.45, 2.75) is 156 Å². The number of Topliss-reactive ketones (excluding diaryl/α,β-unsaturated/α-hetero) is 2. The van der Waals surface area contributed by atoms with Gasteiger partial charge in [0, 0.05) is 127 Å². The van der Waals surface area contributed by atoms with Gasteiger partial charge in [-0.2, -0.15) is 5.10 Å². The van der Waals surface area contributed by atoms with E-state index in [0.717, 1.165) is 4.90 Å². The van der Waals surface area contributed by atoms with Gasteiger partial charge in [-0.3, -0.25) is 47.9 Å². The van der Waals surface area contributed by atoms with E-state index < -0.39 is 72.0 Å². The van der Waals surface area contributed by atoms with E-state index >= 15 is 4.39 Å². The smallest absolute Gasteiger partial charge is 0.410 e. The molecular weight excluding hydrogens is 1190 g/mol. The first-order valence-electron chi connectivity index (χ1n) is 32.2. The zero-order valence-electron chi connectivity index (χ0n) is 53.6. The molecule has 498 valence electrons. The van der Waals surface area contributed by atoms with Crippen molar-refractivity contribution < 1.29 is 71.7 Å². The van der Waals surface area contributed by atoms with E-state index in [1.807, 2.05) is 44.7 Å². The summed E-state index contributed by atoms with van der Waals surface area (Å²) in [6.45, 7) is 12.2. The lowest BCUT2D eigenvalue weighted by molar-refractivity contribution is -0.151. The van der Waals surface area contributed by atoms with Crippen LogP contribution in [0.15, 0.2) is 90.8 Å². The fourth-order valence-corrected chi connectivity index (χ4v) is 11.7. The number of nitrogens with two attached hydrogens (primary N) is 1. The van der Waals surface area contributed by atoms with Gasteiger partial charge in [0.25, 0.3) is 11.8 Å². The lowest BCUT2D eigenvalue weighted by Crippen LogP contribution is -2.51. The molecule has 4 aliphatic rings. The number of carbonyl (C=O) groups excluding carboxylic acids is 10. The molecular formula is C68H90FN9O14. The van der Waals surface area contributed by atoms with Crippen LogP contribution in [0.3, 0.4) is 0 Å². The van der Waals surface area contributed by atoms with Gasteiger partial charge in [0.05, 0.1) is 18.6 Å². The molecule has 92 heavy (non-hydrogen) atoms. The highest BCUT2D eigenvalue weighted by Gasteiger charge is 2.33. The summed E-state index contributed by atoms with van der Waals surface area (Å²) in [6, 6.07) is 12.5. The van der Waals surface area contributed by atoms with Gasteiger partial charge in [-0.1, -0.05) is 77.0 Å². The highest BCUT2D eigenvalue weighted by molar-refractivity contribution is 6.12. The Kier molecular flexibility index (Phi) is 26.8. The summed E-state index contributed by atoms with van der Waals surface area (Å²) in [4.78, 5) is 137. The van der Waals surface area contributed by atoms with E-state index in [1.54, 1.807) is 71.4 Å². The van der Waals surface area contributed by atoms with E-state index in [1.165, 1.54) is 34.1 Å². The number of ketones is 2. The van der Waals surface area contributed by atoms with Crippen molar-refractivity contribution in [3.05, 3.63) is 113 Å². The molecule has 0 unspecified atom stereocenters. The number of piperazine rings is 2. The number of imide groups is 1. The zero-order valence-corrected chi connectivity index (χ0v) is 53.6. The maximum absolute atomic E-state index is 15.3.